The Morgan fingerprint density at radius 2 is 1.42 bits per heavy atom. The van der Waals surface area contributed by atoms with Gasteiger partial charge in [0.25, 0.3) is 0 Å². The number of rotatable bonds is 2. The normalized spacial score (nSPS) is 30.1. The van der Waals surface area contributed by atoms with E-state index < -0.39 is 0 Å². The molecule has 1 aliphatic carbocycles. The van der Waals surface area contributed by atoms with E-state index in [0.29, 0.717) is 72.0 Å². The molecule has 4 rings (SSSR count). The second-order valence-corrected chi connectivity index (χ2v) is 7.39. The number of urea groups is 1. The lowest BCUT2D eigenvalue weighted by Crippen LogP contribution is -2.56. The van der Waals surface area contributed by atoms with Crippen molar-refractivity contribution in [1.82, 2.24) is 19.6 Å². The quantitative estimate of drug-likeness (QED) is 0.509. The molecule has 4 aliphatic rings. The molecule has 0 aromatic carbocycles. The molecule has 0 bridgehead atoms. The zero-order chi connectivity index (χ0) is 18.1. The third-order valence-corrected chi connectivity index (χ3v) is 5.86. The Hall–Kier alpha value is -1.93. The summed E-state index contributed by atoms with van der Waals surface area (Å²) in [5, 5.41) is 0. The monoisotopic (exact) mass is 362 g/mol. The maximum Gasteiger partial charge on any atom is 0.320 e. The van der Waals surface area contributed by atoms with E-state index >= 15 is 0 Å². The van der Waals surface area contributed by atoms with E-state index in [4.69, 9.17) is 4.74 Å². The number of allylic oxidation sites excluding steroid dienone is 2. The van der Waals surface area contributed by atoms with E-state index in [1.54, 1.807) is 0 Å². The molecule has 2 atom stereocenters. The number of hydrogen-bond acceptors (Lipinski definition) is 5. The summed E-state index contributed by atoms with van der Waals surface area (Å²) in [6.07, 6.45) is 5.36. The van der Waals surface area contributed by atoms with E-state index in [0.717, 1.165) is 0 Å². The third-order valence-electron chi connectivity index (χ3n) is 5.86. The van der Waals surface area contributed by atoms with Gasteiger partial charge in [-0.3, -0.25) is 19.4 Å². The van der Waals surface area contributed by atoms with Crippen molar-refractivity contribution in [2.45, 2.75) is 12.8 Å². The molecule has 3 saturated heterocycles. The van der Waals surface area contributed by atoms with Gasteiger partial charge in [0.1, 0.15) is 0 Å². The first-order chi connectivity index (χ1) is 12.6. The summed E-state index contributed by atoms with van der Waals surface area (Å²) in [7, 11) is 0. The predicted molar refractivity (Wildman–Crippen MR) is 93.0 cm³/mol. The fourth-order valence-electron chi connectivity index (χ4n) is 4.24. The number of fused-ring (bicyclic) bond motifs is 1. The van der Waals surface area contributed by atoms with Gasteiger partial charge in [-0.1, -0.05) is 12.2 Å². The molecule has 3 heterocycles. The Morgan fingerprint density at radius 3 is 2.00 bits per heavy atom. The fraction of sp³-hybridized carbons (Fsp3) is 0.722. The zero-order valence-electron chi connectivity index (χ0n) is 15.0. The van der Waals surface area contributed by atoms with Crippen LogP contribution >= 0.6 is 0 Å². The van der Waals surface area contributed by atoms with Crippen molar-refractivity contribution in [3.05, 3.63) is 12.2 Å². The molecule has 0 unspecified atom stereocenters. The van der Waals surface area contributed by atoms with Gasteiger partial charge in [0.2, 0.25) is 11.8 Å². The molecule has 142 valence electrons. The van der Waals surface area contributed by atoms with E-state index in [1.807, 2.05) is 22.0 Å². The largest absolute Gasteiger partial charge is 0.378 e. The van der Waals surface area contributed by atoms with Gasteiger partial charge in [-0.25, -0.2) is 4.79 Å². The molecule has 0 saturated carbocycles. The van der Waals surface area contributed by atoms with Gasteiger partial charge < -0.3 is 14.5 Å². The van der Waals surface area contributed by atoms with E-state index in [1.165, 1.54) is 4.90 Å². The second kappa shape index (κ2) is 7.36. The van der Waals surface area contributed by atoms with Crippen molar-refractivity contribution < 1.29 is 19.1 Å². The molecule has 26 heavy (non-hydrogen) atoms. The highest BCUT2D eigenvalue weighted by atomic mass is 16.5. The van der Waals surface area contributed by atoms with Crippen LogP contribution in [0.2, 0.25) is 0 Å². The van der Waals surface area contributed by atoms with Crippen molar-refractivity contribution in [3.63, 3.8) is 0 Å². The summed E-state index contributed by atoms with van der Waals surface area (Å²) in [6, 6.07) is 0.0679. The number of hydrogen-bond donors (Lipinski definition) is 0. The number of ether oxygens (including phenoxy) is 1. The lowest BCUT2D eigenvalue weighted by molar-refractivity contribution is -0.142. The standard InChI is InChI=1S/C18H26N4O4/c23-16-14-3-1-2-4-15(14)17(24)22(16)13-19-5-7-20(8-6-19)18(25)21-9-11-26-12-10-21/h1-2,14-15H,3-13H2/t14-,15-/m1/s1. The van der Waals surface area contributed by atoms with Gasteiger partial charge in [-0.05, 0) is 12.8 Å². The summed E-state index contributed by atoms with van der Waals surface area (Å²) in [6.45, 7) is 5.46. The van der Waals surface area contributed by atoms with Crippen LogP contribution in [-0.4, -0.2) is 96.6 Å². The van der Waals surface area contributed by atoms with Crippen molar-refractivity contribution in [1.29, 1.82) is 0 Å². The van der Waals surface area contributed by atoms with Crippen molar-refractivity contribution in [2.24, 2.45) is 11.8 Å². The van der Waals surface area contributed by atoms with E-state index in [9.17, 15) is 14.4 Å². The van der Waals surface area contributed by atoms with Crippen LogP contribution in [0.4, 0.5) is 4.79 Å². The van der Waals surface area contributed by atoms with E-state index in [2.05, 4.69) is 4.90 Å². The van der Waals surface area contributed by atoms with Gasteiger partial charge in [0.15, 0.2) is 0 Å². The van der Waals surface area contributed by atoms with Crippen LogP contribution in [0.3, 0.4) is 0 Å². The van der Waals surface area contributed by atoms with Gasteiger partial charge in [-0.2, -0.15) is 0 Å². The molecule has 3 fully saturated rings. The van der Waals surface area contributed by atoms with Gasteiger partial charge in [0.05, 0.1) is 31.7 Å². The molecule has 0 aromatic heterocycles. The van der Waals surface area contributed by atoms with Crippen molar-refractivity contribution in [3.8, 4) is 0 Å². The SMILES string of the molecule is O=C(N1CCOCC1)N1CCN(CN2C(=O)[C@@H]3CC=CC[C@H]3C2=O)CC1. The molecule has 0 spiro atoms. The minimum atomic E-state index is -0.170. The average Bonchev–Trinajstić information content (AvgIpc) is 2.94. The maximum absolute atomic E-state index is 12.6. The molecule has 4 amide bonds. The van der Waals surface area contributed by atoms with Gasteiger partial charge in [0, 0.05) is 39.3 Å². The highest BCUT2D eigenvalue weighted by Gasteiger charge is 2.47. The predicted octanol–water partition coefficient (Wildman–Crippen LogP) is -0.0351. The Kier molecular flexibility index (Phi) is 4.95. The lowest BCUT2D eigenvalue weighted by atomic mass is 9.85. The first-order valence-electron chi connectivity index (χ1n) is 9.49. The smallest absolute Gasteiger partial charge is 0.320 e. The lowest BCUT2D eigenvalue weighted by Gasteiger charge is -2.39. The minimum Gasteiger partial charge on any atom is -0.378 e. The van der Waals surface area contributed by atoms with Gasteiger partial charge >= 0.3 is 6.03 Å². The molecule has 0 N–H and O–H groups in total. The summed E-state index contributed by atoms with van der Waals surface area (Å²) in [4.78, 5) is 44.9. The summed E-state index contributed by atoms with van der Waals surface area (Å²) < 4.78 is 5.29. The topological polar surface area (TPSA) is 73.4 Å². The van der Waals surface area contributed by atoms with Crippen LogP contribution in [0.15, 0.2) is 12.2 Å². The van der Waals surface area contributed by atoms with Crippen LogP contribution in [0.25, 0.3) is 0 Å². The first kappa shape index (κ1) is 17.5. The molecular formula is C18H26N4O4. The summed E-state index contributed by atoms with van der Waals surface area (Å²) >= 11 is 0. The first-order valence-corrected chi connectivity index (χ1v) is 9.49. The number of amides is 4. The summed E-state index contributed by atoms with van der Waals surface area (Å²) in [5.74, 6) is -0.402. The van der Waals surface area contributed by atoms with Crippen LogP contribution < -0.4 is 0 Å². The maximum atomic E-state index is 12.6. The second-order valence-electron chi connectivity index (χ2n) is 7.39. The molecule has 0 radical (unpaired) electrons. The number of piperazine rings is 1. The number of carbonyl (C=O) groups excluding carboxylic acids is 3. The van der Waals surface area contributed by atoms with Crippen LogP contribution in [0.1, 0.15) is 12.8 Å². The molecule has 0 aromatic rings. The Morgan fingerprint density at radius 1 is 0.885 bits per heavy atom. The van der Waals surface area contributed by atoms with E-state index in [-0.39, 0.29) is 29.7 Å². The highest BCUT2D eigenvalue weighted by Crippen LogP contribution is 2.35. The number of nitrogens with zero attached hydrogens (tertiary/aromatic N) is 4. The van der Waals surface area contributed by atoms with Crippen molar-refractivity contribution in [2.75, 3.05) is 59.2 Å². The Bertz CT molecular complexity index is 582. The average molecular weight is 362 g/mol. The Balaban J connectivity index is 1.29. The van der Waals surface area contributed by atoms with Gasteiger partial charge in [-0.15, -0.1) is 0 Å². The molecule has 8 nitrogen and oxygen atoms in total. The number of likely N-dealkylation sites (tertiary alicyclic amines) is 1. The molecule has 3 aliphatic heterocycles. The third kappa shape index (κ3) is 3.23. The van der Waals surface area contributed by atoms with Crippen LogP contribution in [0.5, 0.6) is 0 Å². The number of morpholine rings is 1. The zero-order valence-corrected chi connectivity index (χ0v) is 15.0. The molecule has 8 heteroatoms. The fourth-order valence-corrected chi connectivity index (χ4v) is 4.24. The Labute approximate surface area is 153 Å². The van der Waals surface area contributed by atoms with Crippen LogP contribution in [-0.2, 0) is 14.3 Å². The minimum absolute atomic E-state index is 0.0313. The molecular weight excluding hydrogens is 336 g/mol. The highest BCUT2D eigenvalue weighted by molar-refractivity contribution is 6.05. The van der Waals surface area contributed by atoms with Crippen molar-refractivity contribution >= 4 is 17.8 Å². The number of carbonyl (C=O) groups is 3. The summed E-state index contributed by atoms with van der Waals surface area (Å²) in [5.41, 5.74) is 0. The van der Waals surface area contributed by atoms with Crippen LogP contribution in [0, 0.1) is 11.8 Å². The number of imide groups is 1.